The second kappa shape index (κ2) is 3.62. The minimum Gasteiger partial charge on any atom is -0.326 e. The molecule has 0 amide bonds. The van der Waals surface area contributed by atoms with E-state index in [0.29, 0.717) is 12.1 Å². The van der Waals surface area contributed by atoms with Crippen LogP contribution in [0, 0.1) is 5.92 Å². The summed E-state index contributed by atoms with van der Waals surface area (Å²) in [5, 5.41) is 0. The Hall–Kier alpha value is -0.860. The van der Waals surface area contributed by atoms with Crippen molar-refractivity contribution in [2.75, 3.05) is 13.1 Å². The molecule has 3 fully saturated rings. The van der Waals surface area contributed by atoms with E-state index in [4.69, 9.17) is 5.73 Å². The van der Waals surface area contributed by atoms with E-state index in [2.05, 4.69) is 35.2 Å². The van der Waals surface area contributed by atoms with Gasteiger partial charge < -0.3 is 5.73 Å². The highest BCUT2D eigenvalue weighted by atomic mass is 15.2. The fraction of sp³-hybridized carbons (Fsp3) is 0.538. The molecule has 1 aromatic carbocycles. The van der Waals surface area contributed by atoms with E-state index in [9.17, 15) is 0 Å². The van der Waals surface area contributed by atoms with Crippen LogP contribution in [0.5, 0.6) is 0 Å². The van der Waals surface area contributed by atoms with E-state index < -0.39 is 0 Å². The van der Waals surface area contributed by atoms with E-state index in [1.54, 1.807) is 0 Å². The van der Waals surface area contributed by atoms with Gasteiger partial charge in [-0.05, 0) is 37.4 Å². The minimum atomic E-state index is 0.343. The van der Waals surface area contributed by atoms with Gasteiger partial charge in [0.15, 0.2) is 0 Å². The molecule has 0 aromatic heterocycles. The first-order chi connectivity index (χ1) is 7.36. The molecule has 0 spiro atoms. The molecule has 15 heavy (non-hydrogen) atoms. The molecule has 2 atom stereocenters. The Labute approximate surface area is 91.1 Å². The van der Waals surface area contributed by atoms with Gasteiger partial charge in [0.05, 0.1) is 6.04 Å². The maximum absolute atomic E-state index is 6.35. The fourth-order valence-electron chi connectivity index (χ4n) is 3.17. The summed E-state index contributed by atoms with van der Waals surface area (Å²) in [6, 6.07) is 11.5. The topological polar surface area (TPSA) is 29.3 Å². The lowest BCUT2D eigenvalue weighted by atomic mass is 9.77. The Morgan fingerprint density at radius 3 is 2.33 bits per heavy atom. The molecule has 80 valence electrons. The molecule has 0 aliphatic carbocycles. The molecule has 2 N–H and O–H groups in total. The van der Waals surface area contributed by atoms with Crippen LogP contribution < -0.4 is 5.73 Å². The van der Waals surface area contributed by atoms with Gasteiger partial charge in [-0.1, -0.05) is 30.3 Å². The van der Waals surface area contributed by atoms with Crippen molar-refractivity contribution in [1.82, 2.24) is 4.90 Å². The number of piperidine rings is 3. The normalized spacial score (nSPS) is 39.3. The third-order valence-corrected chi connectivity index (χ3v) is 4.02. The van der Waals surface area contributed by atoms with Crippen molar-refractivity contribution in [3.05, 3.63) is 35.9 Å². The zero-order valence-corrected chi connectivity index (χ0v) is 8.97. The van der Waals surface area contributed by atoms with E-state index in [0.717, 1.165) is 5.92 Å². The Kier molecular flexibility index (Phi) is 2.26. The van der Waals surface area contributed by atoms with Crippen molar-refractivity contribution in [2.45, 2.75) is 24.9 Å². The quantitative estimate of drug-likeness (QED) is 0.752. The lowest BCUT2D eigenvalue weighted by Gasteiger charge is -2.49. The van der Waals surface area contributed by atoms with Gasteiger partial charge in [0.1, 0.15) is 0 Å². The molecular weight excluding hydrogens is 184 g/mol. The summed E-state index contributed by atoms with van der Waals surface area (Å²) in [5.41, 5.74) is 7.75. The molecule has 3 heterocycles. The van der Waals surface area contributed by atoms with Gasteiger partial charge in [-0.25, -0.2) is 0 Å². The standard InChI is InChI=1S/C13H18N2/c14-12-10-6-8-15(9-7-10)13(12)11-4-2-1-3-5-11/h1-5,10,12-13H,6-9,14H2. The van der Waals surface area contributed by atoms with Gasteiger partial charge >= 0.3 is 0 Å². The second-order valence-corrected chi connectivity index (χ2v) is 4.81. The summed E-state index contributed by atoms with van der Waals surface area (Å²) in [6.07, 6.45) is 2.59. The number of fused-ring (bicyclic) bond motifs is 3. The Bertz CT molecular complexity index is 326. The molecule has 1 aromatic rings. The van der Waals surface area contributed by atoms with E-state index in [-0.39, 0.29) is 0 Å². The molecule has 2 unspecified atom stereocenters. The summed E-state index contributed by atoms with van der Waals surface area (Å²) < 4.78 is 0. The van der Waals surface area contributed by atoms with Crippen LogP contribution in [-0.2, 0) is 0 Å². The highest BCUT2D eigenvalue weighted by molar-refractivity contribution is 5.22. The first kappa shape index (κ1) is 9.37. The summed E-state index contributed by atoms with van der Waals surface area (Å²) in [5.74, 6) is 0.750. The molecule has 3 saturated heterocycles. The maximum Gasteiger partial charge on any atom is 0.0501 e. The first-order valence-electron chi connectivity index (χ1n) is 5.91. The summed E-state index contributed by atoms with van der Waals surface area (Å²) in [6.45, 7) is 2.47. The van der Waals surface area contributed by atoms with Gasteiger partial charge in [0, 0.05) is 6.04 Å². The molecule has 3 aliphatic rings. The summed E-state index contributed by atoms with van der Waals surface area (Å²) in [4.78, 5) is 2.56. The third kappa shape index (κ3) is 1.48. The number of rotatable bonds is 1. The zero-order chi connectivity index (χ0) is 10.3. The maximum atomic E-state index is 6.35. The van der Waals surface area contributed by atoms with E-state index in [1.165, 1.54) is 31.5 Å². The second-order valence-electron chi connectivity index (χ2n) is 4.81. The molecule has 2 heteroatoms. The number of benzene rings is 1. The average Bonchev–Trinajstić information content (AvgIpc) is 2.31. The number of hydrogen-bond acceptors (Lipinski definition) is 2. The van der Waals surface area contributed by atoms with Crippen LogP contribution in [0.2, 0.25) is 0 Å². The minimum absolute atomic E-state index is 0.343. The van der Waals surface area contributed by atoms with E-state index in [1.807, 2.05) is 0 Å². The smallest absolute Gasteiger partial charge is 0.0501 e. The van der Waals surface area contributed by atoms with Crippen LogP contribution in [0.1, 0.15) is 24.4 Å². The van der Waals surface area contributed by atoms with Gasteiger partial charge in [0.25, 0.3) is 0 Å². The van der Waals surface area contributed by atoms with Crippen LogP contribution in [0.25, 0.3) is 0 Å². The van der Waals surface area contributed by atoms with Crippen LogP contribution >= 0.6 is 0 Å². The lowest BCUT2D eigenvalue weighted by molar-refractivity contribution is 0.0276. The van der Waals surface area contributed by atoms with Gasteiger partial charge in [-0.15, -0.1) is 0 Å². The monoisotopic (exact) mass is 202 g/mol. The van der Waals surface area contributed by atoms with Crippen LogP contribution in [0.3, 0.4) is 0 Å². The molecule has 0 saturated carbocycles. The lowest BCUT2D eigenvalue weighted by Crippen LogP contribution is -2.56. The van der Waals surface area contributed by atoms with Crippen LogP contribution in [0.15, 0.2) is 30.3 Å². The average molecular weight is 202 g/mol. The molecular formula is C13H18N2. The summed E-state index contributed by atoms with van der Waals surface area (Å²) in [7, 11) is 0. The molecule has 2 nitrogen and oxygen atoms in total. The third-order valence-electron chi connectivity index (χ3n) is 4.02. The van der Waals surface area contributed by atoms with Crippen molar-refractivity contribution < 1.29 is 0 Å². The van der Waals surface area contributed by atoms with Gasteiger partial charge in [0.2, 0.25) is 0 Å². The molecule has 3 aliphatic heterocycles. The largest absolute Gasteiger partial charge is 0.326 e. The van der Waals surface area contributed by atoms with Crippen LogP contribution in [0.4, 0.5) is 0 Å². The molecule has 2 bridgehead atoms. The summed E-state index contributed by atoms with van der Waals surface area (Å²) >= 11 is 0. The van der Waals surface area contributed by atoms with Crippen molar-refractivity contribution in [3.8, 4) is 0 Å². The predicted octanol–water partition coefficient (Wildman–Crippen LogP) is 1.78. The molecule has 0 radical (unpaired) electrons. The number of nitrogens with zero attached hydrogens (tertiary/aromatic N) is 1. The van der Waals surface area contributed by atoms with Crippen molar-refractivity contribution in [1.29, 1.82) is 0 Å². The van der Waals surface area contributed by atoms with Gasteiger partial charge in [-0.3, -0.25) is 4.90 Å². The zero-order valence-electron chi connectivity index (χ0n) is 8.97. The Balaban J connectivity index is 1.92. The van der Waals surface area contributed by atoms with Crippen molar-refractivity contribution >= 4 is 0 Å². The molecule has 4 rings (SSSR count). The number of hydrogen-bond donors (Lipinski definition) is 1. The first-order valence-corrected chi connectivity index (χ1v) is 5.91. The van der Waals surface area contributed by atoms with Crippen LogP contribution in [-0.4, -0.2) is 24.0 Å². The number of nitrogens with two attached hydrogens (primary N) is 1. The van der Waals surface area contributed by atoms with Crippen molar-refractivity contribution in [2.24, 2.45) is 11.7 Å². The Morgan fingerprint density at radius 1 is 1.07 bits per heavy atom. The van der Waals surface area contributed by atoms with E-state index >= 15 is 0 Å². The highest BCUT2D eigenvalue weighted by Gasteiger charge is 2.40. The van der Waals surface area contributed by atoms with Crippen molar-refractivity contribution in [3.63, 3.8) is 0 Å². The highest BCUT2D eigenvalue weighted by Crippen LogP contribution is 2.39. The van der Waals surface area contributed by atoms with Gasteiger partial charge in [-0.2, -0.15) is 0 Å². The Morgan fingerprint density at radius 2 is 1.73 bits per heavy atom. The fourth-order valence-corrected chi connectivity index (χ4v) is 3.17. The predicted molar refractivity (Wildman–Crippen MR) is 61.5 cm³/mol. The SMILES string of the molecule is NC1C2CCN(CC2)C1c1ccccc1.